The van der Waals surface area contributed by atoms with Crippen molar-refractivity contribution in [2.24, 2.45) is 11.1 Å². The van der Waals surface area contributed by atoms with Crippen LogP contribution in [-0.4, -0.2) is 50.1 Å². The fraction of sp³-hybridized carbons (Fsp3) is 0.172. The first kappa shape index (κ1) is 31.0. The number of thiazole rings is 1. The van der Waals surface area contributed by atoms with Crippen molar-refractivity contribution in [3.8, 4) is 11.5 Å². The minimum Gasteiger partial charge on any atom is -0.493 e. The molecule has 0 unspecified atom stereocenters. The number of nitrogens with zero attached hydrogens (tertiary/aromatic N) is 1. The fourth-order valence-electron chi connectivity index (χ4n) is 5.29. The summed E-state index contributed by atoms with van der Waals surface area (Å²) in [6.07, 6.45) is 0. The maximum absolute atomic E-state index is 13.9. The molecule has 3 amide bonds. The Labute approximate surface area is 273 Å². The Bertz CT molecular complexity index is 1990. The molecule has 3 atom stereocenters. The smallest absolute Gasteiger partial charge is 0.305 e. The summed E-state index contributed by atoms with van der Waals surface area (Å²) in [5.74, 6) is -2.14. The Hall–Kier alpha value is -3.96. The molecule has 12 nitrogen and oxygen atoms in total. The number of anilines is 2. The molecule has 0 radical (unpaired) electrons. The van der Waals surface area contributed by atoms with Gasteiger partial charge >= 0.3 is 4.87 Å². The van der Waals surface area contributed by atoms with Gasteiger partial charge in [-0.05, 0) is 66.2 Å². The topological polar surface area (TPSA) is 178 Å². The number of fused-ring (bicyclic) bond motifs is 2. The van der Waals surface area contributed by atoms with E-state index >= 15 is 0 Å². The number of nitrogens with one attached hydrogen (secondary N) is 2. The van der Waals surface area contributed by atoms with Crippen molar-refractivity contribution in [1.82, 2.24) is 4.98 Å². The largest absolute Gasteiger partial charge is 0.493 e. The third-order valence-electron chi connectivity index (χ3n) is 7.28. The Morgan fingerprint density at radius 3 is 2.40 bits per heavy atom. The van der Waals surface area contributed by atoms with Crippen LogP contribution in [0, 0.1) is 5.92 Å². The zero-order valence-corrected chi connectivity index (χ0v) is 27.2. The van der Waals surface area contributed by atoms with Gasteiger partial charge in [0.1, 0.15) is 5.25 Å². The van der Waals surface area contributed by atoms with Gasteiger partial charge in [0.05, 0.1) is 28.6 Å². The predicted molar refractivity (Wildman–Crippen MR) is 171 cm³/mol. The highest BCUT2D eigenvalue weighted by Gasteiger charge is 2.56. The quantitative estimate of drug-likeness (QED) is 0.228. The molecule has 1 fully saturated rings. The van der Waals surface area contributed by atoms with Crippen molar-refractivity contribution in [1.29, 1.82) is 0 Å². The fourth-order valence-corrected chi connectivity index (χ4v) is 8.58. The number of benzene rings is 3. The molecular formula is C29H23BrN4O8S3. The van der Waals surface area contributed by atoms with Crippen molar-refractivity contribution in [3.63, 3.8) is 0 Å². The standard InChI is InChI=1S/C29H23BrN4O8S3/c1-41-20-12-14(2-11-19(20)42-13-21(35)32-16-5-9-18(10-6-16)45(31,39)40)22-23-25(43-26-24(22)44-29(38)33-26)28(37)34(27(23)36)17-7-3-15(30)4-8-17/h2-12,22-23,25H,13H2,1H3,(H,32,35)(H,33,38)(H2,31,39,40)/t22-,23-,25+/m0/s1. The number of rotatable bonds is 8. The number of H-pyrrole nitrogens is 1. The highest BCUT2D eigenvalue weighted by Crippen LogP contribution is 2.53. The normalized spacial score (nSPS) is 19.2. The van der Waals surface area contributed by atoms with Gasteiger partial charge in [-0.3, -0.25) is 19.2 Å². The third kappa shape index (κ3) is 6.03. The second-order valence-corrected chi connectivity index (χ2v) is 14.7. The molecule has 0 aliphatic carbocycles. The van der Waals surface area contributed by atoms with E-state index in [1.165, 1.54) is 48.0 Å². The van der Waals surface area contributed by atoms with Gasteiger partial charge in [0, 0.05) is 21.0 Å². The van der Waals surface area contributed by atoms with Crippen LogP contribution in [0.3, 0.4) is 0 Å². The molecule has 4 aromatic rings. The number of aromatic nitrogens is 1. The summed E-state index contributed by atoms with van der Waals surface area (Å²) in [4.78, 5) is 56.8. The highest BCUT2D eigenvalue weighted by atomic mass is 79.9. The van der Waals surface area contributed by atoms with E-state index in [1.807, 2.05) is 0 Å². The SMILES string of the molecule is COc1cc([C@@H]2c3sc(=O)[nH]c3S[C@H]3C(=O)N(c4ccc(Br)cc4)C(=O)[C@@H]23)ccc1OCC(=O)Nc1ccc(S(N)(=O)=O)cc1. The number of ether oxygens (including phenoxy) is 2. The molecule has 1 aromatic heterocycles. The number of methoxy groups -OCH3 is 1. The molecule has 0 bridgehead atoms. The molecular weight excluding hydrogens is 708 g/mol. The van der Waals surface area contributed by atoms with E-state index < -0.39 is 39.6 Å². The molecule has 1 saturated heterocycles. The molecule has 4 N–H and O–H groups in total. The van der Waals surface area contributed by atoms with Crippen LogP contribution < -0.4 is 29.7 Å². The van der Waals surface area contributed by atoms with E-state index in [4.69, 9.17) is 14.6 Å². The number of amides is 3. The van der Waals surface area contributed by atoms with E-state index in [0.29, 0.717) is 26.8 Å². The lowest BCUT2D eigenvalue weighted by atomic mass is 9.83. The van der Waals surface area contributed by atoms with Crippen LogP contribution in [0.15, 0.2) is 85.9 Å². The average Bonchev–Trinajstić information content (AvgIpc) is 3.50. The summed E-state index contributed by atoms with van der Waals surface area (Å²) < 4.78 is 35.0. The number of carbonyl (C=O) groups excluding carboxylic acids is 3. The number of halogens is 1. The minimum atomic E-state index is -3.87. The third-order valence-corrected chi connectivity index (χ3v) is 11.1. The molecule has 6 rings (SSSR count). The van der Waals surface area contributed by atoms with E-state index in [2.05, 4.69) is 26.2 Å². The maximum atomic E-state index is 13.9. The number of thioether (sulfide) groups is 1. The van der Waals surface area contributed by atoms with Crippen LogP contribution in [0.1, 0.15) is 16.4 Å². The van der Waals surface area contributed by atoms with E-state index in [0.717, 1.165) is 15.8 Å². The Morgan fingerprint density at radius 1 is 1.02 bits per heavy atom. The molecule has 3 aromatic carbocycles. The van der Waals surface area contributed by atoms with Crippen LogP contribution in [0.2, 0.25) is 0 Å². The van der Waals surface area contributed by atoms with E-state index in [9.17, 15) is 27.6 Å². The molecule has 45 heavy (non-hydrogen) atoms. The maximum Gasteiger partial charge on any atom is 0.305 e. The van der Waals surface area contributed by atoms with Crippen molar-refractivity contribution >= 4 is 78.1 Å². The first-order chi connectivity index (χ1) is 21.4. The van der Waals surface area contributed by atoms with Gasteiger partial charge in [-0.25, -0.2) is 18.5 Å². The van der Waals surface area contributed by atoms with Crippen LogP contribution in [0.25, 0.3) is 0 Å². The summed E-state index contributed by atoms with van der Waals surface area (Å²) in [7, 11) is -2.44. The lowest BCUT2D eigenvalue weighted by molar-refractivity contribution is -0.122. The van der Waals surface area contributed by atoms with Gasteiger partial charge in [-0.2, -0.15) is 0 Å². The predicted octanol–water partition coefficient (Wildman–Crippen LogP) is 3.67. The summed E-state index contributed by atoms with van der Waals surface area (Å²) >= 11 is 5.55. The Morgan fingerprint density at radius 2 is 1.73 bits per heavy atom. The van der Waals surface area contributed by atoms with Gasteiger partial charge in [0.2, 0.25) is 21.8 Å². The lowest BCUT2D eigenvalue weighted by Gasteiger charge is -2.30. The first-order valence-electron chi connectivity index (χ1n) is 13.2. The summed E-state index contributed by atoms with van der Waals surface area (Å²) in [5, 5.41) is 7.50. The zero-order valence-electron chi connectivity index (χ0n) is 23.2. The average molecular weight is 732 g/mol. The zero-order chi connectivity index (χ0) is 32.0. The number of primary sulfonamides is 1. The number of aromatic amines is 1. The molecule has 0 saturated carbocycles. The van der Waals surface area contributed by atoms with Crippen molar-refractivity contribution in [2.75, 3.05) is 23.9 Å². The van der Waals surface area contributed by atoms with Gasteiger partial charge in [0.25, 0.3) is 5.91 Å². The molecule has 16 heteroatoms. The number of carbonyl (C=O) groups is 3. The van der Waals surface area contributed by atoms with Gasteiger partial charge < -0.3 is 19.8 Å². The van der Waals surface area contributed by atoms with Crippen LogP contribution >= 0.6 is 39.0 Å². The Balaban J connectivity index is 1.25. The van der Waals surface area contributed by atoms with Gasteiger partial charge in [0.15, 0.2) is 18.1 Å². The Kier molecular flexibility index (Phi) is 8.34. The molecule has 2 aliphatic heterocycles. The van der Waals surface area contributed by atoms with Gasteiger partial charge in [-0.15, -0.1) is 0 Å². The lowest BCUT2D eigenvalue weighted by Crippen LogP contribution is -2.32. The molecule has 232 valence electrons. The summed E-state index contributed by atoms with van der Waals surface area (Å²) in [5.41, 5.74) is 1.43. The first-order valence-corrected chi connectivity index (χ1v) is 17.2. The second kappa shape index (κ2) is 12.1. The molecule has 2 aliphatic rings. The number of sulfonamides is 1. The minimum absolute atomic E-state index is 0.0896. The van der Waals surface area contributed by atoms with Crippen molar-refractivity contribution < 1.29 is 32.3 Å². The second-order valence-electron chi connectivity index (χ2n) is 10.1. The monoisotopic (exact) mass is 730 g/mol. The number of imide groups is 1. The van der Waals surface area contributed by atoms with E-state index in [1.54, 1.807) is 42.5 Å². The van der Waals surface area contributed by atoms with Crippen LogP contribution in [0.5, 0.6) is 11.5 Å². The van der Waals surface area contributed by atoms with Crippen LogP contribution in [0.4, 0.5) is 11.4 Å². The molecule has 0 spiro atoms. The van der Waals surface area contributed by atoms with Crippen molar-refractivity contribution in [3.05, 3.63) is 91.3 Å². The number of hydrogen-bond donors (Lipinski definition) is 3. The van der Waals surface area contributed by atoms with Crippen molar-refractivity contribution in [2.45, 2.75) is 21.1 Å². The van der Waals surface area contributed by atoms with E-state index in [-0.39, 0.29) is 33.1 Å². The highest BCUT2D eigenvalue weighted by molar-refractivity contribution is 9.10. The van der Waals surface area contributed by atoms with Gasteiger partial charge in [-0.1, -0.05) is 45.1 Å². The summed E-state index contributed by atoms with van der Waals surface area (Å²) in [6, 6.07) is 17.2. The number of hydrogen-bond acceptors (Lipinski definition) is 10. The van der Waals surface area contributed by atoms with Crippen LogP contribution in [-0.2, 0) is 24.4 Å². The molecule has 3 heterocycles. The number of nitrogens with two attached hydrogens (primary N) is 1. The summed E-state index contributed by atoms with van der Waals surface area (Å²) in [6.45, 7) is -0.393.